The van der Waals surface area contributed by atoms with Gasteiger partial charge in [0.05, 0.1) is 5.56 Å². The number of benzene rings is 2. The number of alkyl halides is 3. The SMILES string of the molecule is Cc1ccc(N(CCc2ccc(C(F)(F)F)cc2)C(=O)C(NC(=O)OC(C)(C)C)c2cccs2)cc1C. The van der Waals surface area contributed by atoms with Crippen molar-refractivity contribution in [3.63, 3.8) is 0 Å². The number of nitrogens with one attached hydrogen (secondary N) is 1. The van der Waals surface area contributed by atoms with Crippen LogP contribution in [0.15, 0.2) is 60.0 Å². The van der Waals surface area contributed by atoms with Crippen LogP contribution in [0.5, 0.6) is 0 Å². The van der Waals surface area contributed by atoms with Crippen LogP contribution in [0.3, 0.4) is 0 Å². The summed E-state index contributed by atoms with van der Waals surface area (Å²) in [6.45, 7) is 9.31. The fourth-order valence-electron chi connectivity index (χ4n) is 3.65. The lowest BCUT2D eigenvalue weighted by Gasteiger charge is -2.29. The van der Waals surface area contributed by atoms with E-state index in [-0.39, 0.29) is 12.5 Å². The minimum Gasteiger partial charge on any atom is -0.444 e. The Morgan fingerprint density at radius 1 is 1.00 bits per heavy atom. The van der Waals surface area contributed by atoms with Crippen LogP contribution >= 0.6 is 11.3 Å². The number of halogens is 3. The lowest BCUT2D eigenvalue weighted by Crippen LogP contribution is -2.45. The van der Waals surface area contributed by atoms with Crippen LogP contribution < -0.4 is 10.2 Å². The van der Waals surface area contributed by atoms with Crippen LogP contribution in [-0.4, -0.2) is 24.1 Å². The molecule has 0 fully saturated rings. The van der Waals surface area contributed by atoms with Gasteiger partial charge in [-0.2, -0.15) is 13.2 Å². The monoisotopic (exact) mass is 532 g/mol. The van der Waals surface area contributed by atoms with E-state index in [4.69, 9.17) is 4.74 Å². The smallest absolute Gasteiger partial charge is 0.416 e. The van der Waals surface area contributed by atoms with Gasteiger partial charge in [0.25, 0.3) is 5.91 Å². The van der Waals surface area contributed by atoms with Gasteiger partial charge in [0.15, 0.2) is 0 Å². The molecule has 0 aliphatic carbocycles. The third kappa shape index (κ3) is 7.82. The van der Waals surface area contributed by atoms with Gasteiger partial charge in [-0.15, -0.1) is 11.3 Å². The molecule has 2 amide bonds. The number of nitrogens with zero attached hydrogens (tertiary/aromatic N) is 1. The first kappa shape index (κ1) is 28.2. The lowest BCUT2D eigenvalue weighted by atomic mass is 10.1. The Hall–Kier alpha value is -3.33. The highest BCUT2D eigenvalue weighted by atomic mass is 32.1. The lowest BCUT2D eigenvalue weighted by molar-refractivity contribution is -0.137. The molecule has 0 aliphatic heterocycles. The molecule has 1 heterocycles. The number of amides is 2. The van der Waals surface area contributed by atoms with Crippen molar-refractivity contribution in [2.24, 2.45) is 0 Å². The van der Waals surface area contributed by atoms with Crippen molar-refractivity contribution in [1.29, 1.82) is 0 Å². The molecule has 1 unspecified atom stereocenters. The Labute approximate surface area is 219 Å². The Bertz CT molecular complexity index is 1220. The molecule has 1 aromatic heterocycles. The first-order valence-electron chi connectivity index (χ1n) is 11.8. The van der Waals surface area contributed by atoms with Crippen LogP contribution in [0.2, 0.25) is 0 Å². The van der Waals surface area contributed by atoms with E-state index in [2.05, 4.69) is 5.32 Å². The van der Waals surface area contributed by atoms with Crippen molar-refractivity contribution in [3.05, 3.63) is 87.1 Å². The molecule has 0 saturated heterocycles. The van der Waals surface area contributed by atoms with Gasteiger partial charge in [0.2, 0.25) is 0 Å². The summed E-state index contributed by atoms with van der Waals surface area (Å²) >= 11 is 1.33. The normalized spacial score (nSPS) is 12.6. The summed E-state index contributed by atoms with van der Waals surface area (Å²) in [7, 11) is 0. The summed E-state index contributed by atoms with van der Waals surface area (Å²) in [5.41, 5.74) is 1.86. The van der Waals surface area contributed by atoms with E-state index >= 15 is 0 Å². The maximum Gasteiger partial charge on any atom is 0.416 e. The van der Waals surface area contributed by atoms with E-state index in [0.717, 1.165) is 23.3 Å². The van der Waals surface area contributed by atoms with Gasteiger partial charge < -0.3 is 15.0 Å². The number of carbonyl (C=O) groups excluding carboxylic acids is 2. The second-order valence-corrected chi connectivity index (χ2v) is 10.8. The van der Waals surface area contributed by atoms with Gasteiger partial charge >= 0.3 is 12.3 Å². The van der Waals surface area contributed by atoms with E-state index < -0.39 is 29.5 Å². The molecule has 37 heavy (non-hydrogen) atoms. The summed E-state index contributed by atoms with van der Waals surface area (Å²) in [5.74, 6) is -0.372. The van der Waals surface area contributed by atoms with E-state index in [1.54, 1.807) is 37.8 Å². The van der Waals surface area contributed by atoms with Crippen molar-refractivity contribution in [2.45, 2.75) is 58.9 Å². The molecule has 0 bridgehead atoms. The number of hydrogen-bond acceptors (Lipinski definition) is 4. The number of thiophene rings is 1. The molecular weight excluding hydrogens is 501 g/mol. The van der Waals surface area contributed by atoms with E-state index in [9.17, 15) is 22.8 Å². The van der Waals surface area contributed by atoms with Gasteiger partial charge in [-0.25, -0.2) is 4.79 Å². The molecule has 1 N–H and O–H groups in total. The van der Waals surface area contributed by atoms with Crippen molar-refractivity contribution in [1.82, 2.24) is 5.32 Å². The summed E-state index contributed by atoms with van der Waals surface area (Å²) in [6.07, 6.45) is -4.82. The molecule has 0 radical (unpaired) electrons. The number of anilines is 1. The average molecular weight is 533 g/mol. The van der Waals surface area contributed by atoms with Gasteiger partial charge in [0, 0.05) is 17.1 Å². The molecule has 0 spiro atoms. The molecule has 0 aliphatic rings. The quantitative estimate of drug-likeness (QED) is 0.349. The number of hydrogen-bond donors (Lipinski definition) is 1. The summed E-state index contributed by atoms with van der Waals surface area (Å²) in [4.78, 5) is 28.8. The molecule has 1 atom stereocenters. The fraction of sp³-hybridized carbons (Fsp3) is 0.357. The first-order chi connectivity index (χ1) is 17.2. The third-order valence-corrected chi connectivity index (χ3v) is 6.65. The molecule has 2 aromatic carbocycles. The van der Waals surface area contributed by atoms with Gasteiger partial charge in [-0.05, 0) is 93.4 Å². The molecular formula is C28H31F3N2O3S. The number of aryl methyl sites for hydroxylation is 2. The summed E-state index contributed by atoms with van der Waals surface area (Å²) in [5, 5.41) is 4.52. The number of carbonyl (C=O) groups is 2. The predicted octanol–water partition coefficient (Wildman–Crippen LogP) is 7.23. The Balaban J connectivity index is 1.92. The Kier molecular flexibility index (Phi) is 8.68. The average Bonchev–Trinajstić information content (AvgIpc) is 3.33. The standard InChI is InChI=1S/C28H31F3N2O3S/c1-18-8-13-22(17-19(18)2)33(15-14-20-9-11-21(12-10-20)28(29,30)31)25(34)24(23-7-6-16-37-23)32-26(35)36-27(3,4)5/h6-13,16-17,24H,14-15H2,1-5H3,(H,32,35). The first-order valence-corrected chi connectivity index (χ1v) is 12.7. The van der Waals surface area contributed by atoms with Crippen LogP contribution in [0.25, 0.3) is 0 Å². The predicted molar refractivity (Wildman–Crippen MR) is 140 cm³/mol. The Morgan fingerprint density at radius 3 is 2.22 bits per heavy atom. The highest BCUT2D eigenvalue weighted by Gasteiger charge is 2.32. The van der Waals surface area contributed by atoms with Crippen molar-refractivity contribution >= 4 is 29.0 Å². The summed E-state index contributed by atoms with van der Waals surface area (Å²) < 4.78 is 44.3. The highest BCUT2D eigenvalue weighted by Crippen LogP contribution is 2.30. The second kappa shape index (κ2) is 11.4. The maximum absolute atomic E-state index is 14.0. The molecule has 5 nitrogen and oxygen atoms in total. The molecule has 0 saturated carbocycles. The fourth-order valence-corrected chi connectivity index (χ4v) is 4.42. The number of alkyl carbamates (subject to hydrolysis) is 1. The Morgan fingerprint density at radius 2 is 1.68 bits per heavy atom. The largest absolute Gasteiger partial charge is 0.444 e. The van der Waals surface area contributed by atoms with Gasteiger partial charge in [-0.1, -0.05) is 24.3 Å². The van der Waals surface area contributed by atoms with Crippen LogP contribution in [0.4, 0.5) is 23.7 Å². The molecule has 9 heteroatoms. The van der Waals surface area contributed by atoms with Crippen molar-refractivity contribution < 1.29 is 27.5 Å². The molecule has 198 valence electrons. The van der Waals surface area contributed by atoms with E-state index in [1.807, 2.05) is 37.4 Å². The minimum absolute atomic E-state index is 0.199. The van der Waals surface area contributed by atoms with Crippen LogP contribution in [-0.2, 0) is 22.1 Å². The number of rotatable bonds is 7. The van der Waals surface area contributed by atoms with Crippen LogP contribution in [0.1, 0.15) is 53.9 Å². The third-order valence-electron chi connectivity index (χ3n) is 5.71. The van der Waals surface area contributed by atoms with E-state index in [1.165, 1.54) is 23.5 Å². The van der Waals surface area contributed by atoms with Gasteiger partial charge in [0.1, 0.15) is 11.6 Å². The minimum atomic E-state index is -4.42. The molecule has 3 rings (SSSR count). The van der Waals surface area contributed by atoms with Crippen molar-refractivity contribution in [3.8, 4) is 0 Å². The van der Waals surface area contributed by atoms with E-state index in [0.29, 0.717) is 22.5 Å². The zero-order chi connectivity index (χ0) is 27.4. The summed E-state index contributed by atoms with van der Waals surface area (Å²) in [6, 6.07) is 13.1. The molecule has 3 aromatic rings. The maximum atomic E-state index is 14.0. The van der Waals surface area contributed by atoms with Crippen molar-refractivity contribution in [2.75, 3.05) is 11.4 Å². The van der Waals surface area contributed by atoms with Gasteiger partial charge in [-0.3, -0.25) is 4.79 Å². The topological polar surface area (TPSA) is 58.6 Å². The van der Waals surface area contributed by atoms with Crippen LogP contribution in [0, 0.1) is 13.8 Å². The highest BCUT2D eigenvalue weighted by molar-refractivity contribution is 7.10. The zero-order valence-corrected chi connectivity index (χ0v) is 22.3. The number of ether oxygens (including phenoxy) is 1. The zero-order valence-electron chi connectivity index (χ0n) is 21.5. The second-order valence-electron chi connectivity index (χ2n) is 9.80.